The van der Waals surface area contributed by atoms with Crippen LogP contribution in [0.4, 0.5) is 0 Å². The maximum absolute atomic E-state index is 12.0. The van der Waals surface area contributed by atoms with Crippen molar-refractivity contribution in [3.05, 3.63) is 64.7 Å². The van der Waals surface area contributed by atoms with E-state index in [2.05, 4.69) is 0 Å². The van der Waals surface area contributed by atoms with Crippen molar-refractivity contribution in [2.24, 2.45) is 0 Å². The van der Waals surface area contributed by atoms with Gasteiger partial charge in [0.15, 0.2) is 0 Å². The van der Waals surface area contributed by atoms with Crippen LogP contribution >= 0.6 is 11.6 Å². The van der Waals surface area contributed by atoms with E-state index in [0.717, 1.165) is 6.42 Å². The fourth-order valence-electron chi connectivity index (χ4n) is 1.75. The Morgan fingerprint density at radius 1 is 1.00 bits per heavy atom. The molecule has 0 aliphatic rings. The number of carbonyl (C=O) groups excluding carboxylic acids is 2. The monoisotopic (exact) mass is 318 g/mol. The molecule has 5 heteroatoms. The van der Waals surface area contributed by atoms with Crippen molar-refractivity contribution in [2.45, 2.75) is 13.3 Å². The number of carbonyl (C=O) groups is 2. The Balaban J connectivity index is 2.10. The highest BCUT2D eigenvalue weighted by Crippen LogP contribution is 2.17. The molecule has 2 aromatic carbocycles. The van der Waals surface area contributed by atoms with Gasteiger partial charge in [0.25, 0.3) is 0 Å². The fourth-order valence-corrected chi connectivity index (χ4v) is 1.94. The van der Waals surface area contributed by atoms with Crippen LogP contribution in [-0.2, 0) is 4.74 Å². The van der Waals surface area contributed by atoms with Crippen molar-refractivity contribution in [1.82, 2.24) is 0 Å². The van der Waals surface area contributed by atoms with Crippen LogP contribution in [0.5, 0.6) is 5.75 Å². The molecule has 0 amide bonds. The molecule has 4 nitrogen and oxygen atoms in total. The highest BCUT2D eigenvalue weighted by atomic mass is 35.5. The first kappa shape index (κ1) is 16.0. The van der Waals surface area contributed by atoms with Crippen molar-refractivity contribution in [3.63, 3.8) is 0 Å². The van der Waals surface area contributed by atoms with Crippen LogP contribution in [-0.4, -0.2) is 18.5 Å². The second kappa shape index (κ2) is 7.61. The molecule has 0 saturated carbocycles. The second-order valence-electron chi connectivity index (χ2n) is 4.56. The summed E-state index contributed by atoms with van der Waals surface area (Å²) < 4.78 is 10.3. The number of ether oxygens (including phenoxy) is 2. The summed E-state index contributed by atoms with van der Waals surface area (Å²) in [5, 5.41) is 0.450. The number of rotatable bonds is 5. The van der Waals surface area contributed by atoms with Crippen molar-refractivity contribution in [3.8, 4) is 5.75 Å². The molecule has 0 aromatic heterocycles. The molecule has 0 bridgehead atoms. The Labute approximate surface area is 133 Å². The van der Waals surface area contributed by atoms with Crippen LogP contribution in [0.2, 0.25) is 5.02 Å². The third-order valence-electron chi connectivity index (χ3n) is 2.78. The lowest BCUT2D eigenvalue weighted by atomic mass is 10.2. The zero-order chi connectivity index (χ0) is 15.9. The number of hydrogen-bond donors (Lipinski definition) is 0. The van der Waals surface area contributed by atoms with Gasteiger partial charge in [-0.15, -0.1) is 0 Å². The van der Waals surface area contributed by atoms with Crippen molar-refractivity contribution in [2.75, 3.05) is 6.61 Å². The molecular weight excluding hydrogens is 304 g/mol. The molecule has 114 valence electrons. The molecule has 0 aliphatic carbocycles. The van der Waals surface area contributed by atoms with Gasteiger partial charge in [0.05, 0.1) is 17.7 Å². The maximum atomic E-state index is 12.0. The number of hydrogen-bond acceptors (Lipinski definition) is 4. The quantitative estimate of drug-likeness (QED) is 0.614. The van der Waals surface area contributed by atoms with Gasteiger partial charge < -0.3 is 9.47 Å². The van der Waals surface area contributed by atoms with Crippen LogP contribution in [0.1, 0.15) is 34.1 Å². The van der Waals surface area contributed by atoms with E-state index in [4.69, 9.17) is 21.1 Å². The highest BCUT2D eigenvalue weighted by molar-refractivity contribution is 6.30. The zero-order valence-electron chi connectivity index (χ0n) is 12.0. The average Bonchev–Trinajstić information content (AvgIpc) is 2.52. The summed E-state index contributed by atoms with van der Waals surface area (Å²) in [5.74, 6) is -0.708. The Bertz CT molecular complexity index is 682. The minimum absolute atomic E-state index is 0.274. The fraction of sp³-hybridized carbons (Fsp3) is 0.176. The lowest BCUT2D eigenvalue weighted by Gasteiger charge is -2.07. The van der Waals surface area contributed by atoms with E-state index in [1.54, 1.807) is 36.4 Å². The van der Waals surface area contributed by atoms with Gasteiger partial charge in [-0.1, -0.05) is 30.7 Å². The predicted molar refractivity (Wildman–Crippen MR) is 83.4 cm³/mol. The lowest BCUT2D eigenvalue weighted by Crippen LogP contribution is -2.10. The van der Waals surface area contributed by atoms with Crippen LogP contribution < -0.4 is 4.74 Å². The van der Waals surface area contributed by atoms with E-state index in [9.17, 15) is 9.59 Å². The standard InChI is InChI=1S/C17H15ClO4/c1-2-9-21-16(19)13-6-4-8-15(11-13)22-17(20)12-5-3-7-14(18)10-12/h3-8,10-11H,2,9H2,1H3. The van der Waals surface area contributed by atoms with E-state index in [-0.39, 0.29) is 5.75 Å². The van der Waals surface area contributed by atoms with Crippen LogP contribution in [0.3, 0.4) is 0 Å². The molecular formula is C17H15ClO4. The molecule has 0 heterocycles. The number of esters is 2. The van der Waals surface area contributed by atoms with Crippen LogP contribution in [0.25, 0.3) is 0 Å². The van der Waals surface area contributed by atoms with Gasteiger partial charge in [0.2, 0.25) is 0 Å². The van der Waals surface area contributed by atoms with E-state index >= 15 is 0 Å². The first-order valence-corrected chi connectivity index (χ1v) is 7.23. The smallest absolute Gasteiger partial charge is 0.343 e. The molecule has 2 aromatic rings. The molecule has 2 rings (SSSR count). The van der Waals surface area contributed by atoms with E-state index < -0.39 is 11.9 Å². The molecule has 0 aliphatic heterocycles. The lowest BCUT2D eigenvalue weighted by molar-refractivity contribution is 0.0503. The minimum Gasteiger partial charge on any atom is -0.462 e. The summed E-state index contributed by atoms with van der Waals surface area (Å²) in [6, 6.07) is 12.8. The van der Waals surface area contributed by atoms with Crippen LogP contribution in [0.15, 0.2) is 48.5 Å². The SMILES string of the molecule is CCCOC(=O)c1cccc(OC(=O)c2cccc(Cl)c2)c1. The Morgan fingerprint density at radius 2 is 1.68 bits per heavy atom. The molecule has 0 saturated heterocycles. The topological polar surface area (TPSA) is 52.6 Å². The summed E-state index contributed by atoms with van der Waals surface area (Å²) in [4.78, 5) is 23.8. The van der Waals surface area contributed by atoms with Crippen molar-refractivity contribution >= 4 is 23.5 Å². The number of benzene rings is 2. The maximum Gasteiger partial charge on any atom is 0.343 e. The first-order valence-electron chi connectivity index (χ1n) is 6.85. The molecule has 0 atom stereocenters. The Morgan fingerprint density at radius 3 is 2.36 bits per heavy atom. The van der Waals surface area contributed by atoms with E-state index in [1.807, 2.05) is 6.92 Å². The van der Waals surface area contributed by atoms with Gasteiger partial charge in [0.1, 0.15) is 5.75 Å². The zero-order valence-corrected chi connectivity index (χ0v) is 12.8. The molecule has 0 N–H and O–H groups in total. The van der Waals surface area contributed by atoms with Crippen molar-refractivity contribution in [1.29, 1.82) is 0 Å². The van der Waals surface area contributed by atoms with Gasteiger partial charge in [0, 0.05) is 5.02 Å². The highest BCUT2D eigenvalue weighted by Gasteiger charge is 2.12. The first-order chi connectivity index (χ1) is 10.6. The van der Waals surface area contributed by atoms with Gasteiger partial charge in [-0.05, 0) is 42.8 Å². The normalized spacial score (nSPS) is 10.1. The summed E-state index contributed by atoms with van der Waals surface area (Å²) in [6.45, 7) is 2.27. The molecule has 0 fully saturated rings. The Hall–Kier alpha value is -2.33. The van der Waals surface area contributed by atoms with Crippen molar-refractivity contribution < 1.29 is 19.1 Å². The summed E-state index contributed by atoms with van der Waals surface area (Å²) in [6.07, 6.45) is 0.745. The average molecular weight is 319 g/mol. The minimum atomic E-state index is -0.540. The second-order valence-corrected chi connectivity index (χ2v) is 5.00. The third-order valence-corrected chi connectivity index (χ3v) is 3.01. The largest absolute Gasteiger partial charge is 0.462 e. The summed E-state index contributed by atoms with van der Waals surface area (Å²) in [5.41, 5.74) is 0.677. The van der Waals surface area contributed by atoms with E-state index in [1.165, 1.54) is 12.1 Å². The summed E-state index contributed by atoms with van der Waals surface area (Å²) >= 11 is 5.84. The van der Waals surface area contributed by atoms with Gasteiger partial charge in [-0.2, -0.15) is 0 Å². The molecule has 0 unspecified atom stereocenters. The molecule has 0 spiro atoms. The summed E-state index contributed by atoms with van der Waals surface area (Å²) in [7, 11) is 0. The predicted octanol–water partition coefficient (Wildman–Crippen LogP) is 4.13. The molecule has 22 heavy (non-hydrogen) atoms. The third kappa shape index (κ3) is 4.33. The Kier molecular flexibility index (Phi) is 5.55. The van der Waals surface area contributed by atoms with Gasteiger partial charge >= 0.3 is 11.9 Å². The van der Waals surface area contributed by atoms with Gasteiger partial charge in [-0.25, -0.2) is 9.59 Å². The van der Waals surface area contributed by atoms with E-state index in [0.29, 0.717) is 22.8 Å². The number of halogens is 1. The van der Waals surface area contributed by atoms with Gasteiger partial charge in [-0.3, -0.25) is 0 Å². The molecule has 0 radical (unpaired) electrons. The van der Waals surface area contributed by atoms with Crippen LogP contribution in [0, 0.1) is 0 Å².